The Morgan fingerprint density at radius 2 is 2.04 bits per heavy atom. The summed E-state index contributed by atoms with van der Waals surface area (Å²) < 4.78 is 1.90. The number of hydrogen-bond donors (Lipinski definition) is 1. The standard InChI is InChI=1S/C21H25N5O/c1-16-7-8-20-24-18(15-26(20)14-16)21(27)23-13-19(17-6-5-9-22-12-17)25-10-3-2-4-11-25/h5-9,12,14-15,19H,2-4,10-11,13H2,1H3,(H,23,27)/t19-/m0/s1. The van der Waals surface area contributed by atoms with E-state index in [2.05, 4.69) is 26.3 Å². The molecule has 1 N–H and O–H groups in total. The van der Waals surface area contributed by atoms with Crippen molar-refractivity contribution >= 4 is 11.6 Å². The first-order valence-electron chi connectivity index (χ1n) is 9.58. The highest BCUT2D eigenvalue weighted by molar-refractivity contribution is 5.92. The molecular weight excluding hydrogens is 338 g/mol. The first-order chi connectivity index (χ1) is 13.2. The van der Waals surface area contributed by atoms with E-state index < -0.39 is 0 Å². The number of fused-ring (bicyclic) bond motifs is 1. The number of pyridine rings is 2. The number of likely N-dealkylation sites (tertiary alicyclic amines) is 1. The number of carbonyl (C=O) groups is 1. The number of imidazole rings is 1. The van der Waals surface area contributed by atoms with E-state index >= 15 is 0 Å². The highest BCUT2D eigenvalue weighted by Gasteiger charge is 2.23. The number of amides is 1. The third kappa shape index (κ3) is 4.01. The average Bonchev–Trinajstić information content (AvgIpc) is 3.13. The Bertz CT molecular complexity index is 915. The first-order valence-corrected chi connectivity index (χ1v) is 9.58. The zero-order chi connectivity index (χ0) is 18.6. The Labute approximate surface area is 159 Å². The van der Waals surface area contributed by atoms with Crippen molar-refractivity contribution in [2.24, 2.45) is 0 Å². The summed E-state index contributed by atoms with van der Waals surface area (Å²) in [5, 5.41) is 3.09. The van der Waals surface area contributed by atoms with E-state index in [1.165, 1.54) is 19.3 Å². The molecule has 0 aromatic carbocycles. The molecule has 0 bridgehead atoms. The average molecular weight is 363 g/mol. The molecule has 1 atom stereocenters. The minimum atomic E-state index is -0.137. The van der Waals surface area contributed by atoms with Crippen molar-refractivity contribution in [2.75, 3.05) is 19.6 Å². The molecule has 1 aliphatic rings. The molecule has 140 valence electrons. The number of piperidine rings is 1. The van der Waals surface area contributed by atoms with Crippen LogP contribution in [0, 0.1) is 6.92 Å². The van der Waals surface area contributed by atoms with Crippen molar-refractivity contribution in [3.8, 4) is 0 Å². The van der Waals surface area contributed by atoms with Crippen LogP contribution in [0.25, 0.3) is 5.65 Å². The van der Waals surface area contributed by atoms with E-state index in [4.69, 9.17) is 0 Å². The number of aromatic nitrogens is 3. The fourth-order valence-corrected chi connectivity index (χ4v) is 3.75. The summed E-state index contributed by atoms with van der Waals surface area (Å²) in [4.78, 5) is 23.9. The molecule has 6 heteroatoms. The molecule has 1 aliphatic heterocycles. The Balaban J connectivity index is 1.49. The molecule has 4 rings (SSSR count). The summed E-state index contributed by atoms with van der Waals surface area (Å²) in [7, 11) is 0. The number of nitrogens with one attached hydrogen (secondary N) is 1. The highest BCUT2D eigenvalue weighted by Crippen LogP contribution is 2.23. The van der Waals surface area contributed by atoms with Gasteiger partial charge < -0.3 is 9.72 Å². The number of rotatable bonds is 5. The Morgan fingerprint density at radius 1 is 1.19 bits per heavy atom. The van der Waals surface area contributed by atoms with Gasteiger partial charge >= 0.3 is 0 Å². The van der Waals surface area contributed by atoms with Gasteiger partial charge in [-0.25, -0.2) is 4.98 Å². The lowest BCUT2D eigenvalue weighted by Gasteiger charge is -2.34. The van der Waals surface area contributed by atoms with Crippen molar-refractivity contribution < 1.29 is 4.79 Å². The molecule has 1 saturated heterocycles. The maximum absolute atomic E-state index is 12.7. The van der Waals surface area contributed by atoms with Gasteiger partial charge in [-0.15, -0.1) is 0 Å². The number of carbonyl (C=O) groups excluding carboxylic acids is 1. The van der Waals surface area contributed by atoms with E-state index in [0.717, 1.165) is 29.9 Å². The summed E-state index contributed by atoms with van der Waals surface area (Å²) in [5.41, 5.74) is 3.51. The van der Waals surface area contributed by atoms with Crippen LogP contribution >= 0.6 is 0 Å². The fourth-order valence-electron chi connectivity index (χ4n) is 3.75. The molecule has 0 unspecified atom stereocenters. The van der Waals surface area contributed by atoms with Crippen molar-refractivity contribution in [1.29, 1.82) is 0 Å². The van der Waals surface area contributed by atoms with Crippen molar-refractivity contribution in [1.82, 2.24) is 24.6 Å². The van der Waals surface area contributed by atoms with E-state index in [-0.39, 0.29) is 11.9 Å². The monoisotopic (exact) mass is 363 g/mol. The van der Waals surface area contributed by atoms with E-state index in [0.29, 0.717) is 12.2 Å². The third-order valence-corrected chi connectivity index (χ3v) is 5.19. The van der Waals surface area contributed by atoms with E-state index in [1.807, 2.05) is 41.9 Å². The largest absolute Gasteiger partial charge is 0.349 e. The second-order valence-corrected chi connectivity index (χ2v) is 7.21. The molecule has 3 aromatic rings. The van der Waals surface area contributed by atoms with Gasteiger partial charge in [-0.05, 0) is 56.1 Å². The lowest BCUT2D eigenvalue weighted by Crippen LogP contribution is -2.40. The molecule has 0 aliphatic carbocycles. The van der Waals surface area contributed by atoms with Gasteiger partial charge in [-0.2, -0.15) is 0 Å². The van der Waals surface area contributed by atoms with Crippen LogP contribution in [-0.4, -0.2) is 44.8 Å². The lowest BCUT2D eigenvalue weighted by atomic mass is 10.0. The van der Waals surface area contributed by atoms with Crippen LogP contribution in [0.3, 0.4) is 0 Å². The van der Waals surface area contributed by atoms with Gasteiger partial charge in [-0.1, -0.05) is 18.6 Å². The maximum Gasteiger partial charge on any atom is 0.271 e. The SMILES string of the molecule is Cc1ccc2nc(C(=O)NC[C@@H](c3cccnc3)N3CCCCC3)cn2c1. The van der Waals surface area contributed by atoms with Crippen LogP contribution in [0.2, 0.25) is 0 Å². The van der Waals surface area contributed by atoms with Gasteiger partial charge in [0.25, 0.3) is 5.91 Å². The molecule has 6 nitrogen and oxygen atoms in total. The van der Waals surface area contributed by atoms with Crippen LogP contribution in [-0.2, 0) is 0 Å². The Kier molecular flexibility index (Phi) is 5.16. The predicted octanol–water partition coefficient (Wildman–Crippen LogP) is 2.99. The van der Waals surface area contributed by atoms with Gasteiger partial charge in [0.1, 0.15) is 11.3 Å². The molecular formula is C21H25N5O. The molecule has 0 radical (unpaired) electrons. The number of hydrogen-bond acceptors (Lipinski definition) is 4. The molecule has 1 amide bonds. The smallest absolute Gasteiger partial charge is 0.271 e. The number of nitrogens with zero attached hydrogens (tertiary/aromatic N) is 4. The topological polar surface area (TPSA) is 62.5 Å². The minimum Gasteiger partial charge on any atom is -0.349 e. The zero-order valence-corrected chi connectivity index (χ0v) is 15.6. The summed E-state index contributed by atoms with van der Waals surface area (Å²) in [6.45, 7) is 4.69. The minimum absolute atomic E-state index is 0.137. The normalized spacial score (nSPS) is 16.3. The summed E-state index contributed by atoms with van der Waals surface area (Å²) >= 11 is 0. The van der Waals surface area contributed by atoms with Gasteiger partial charge in [0.15, 0.2) is 0 Å². The molecule has 1 fully saturated rings. The summed E-state index contributed by atoms with van der Waals surface area (Å²) in [5.74, 6) is -0.137. The highest BCUT2D eigenvalue weighted by atomic mass is 16.1. The van der Waals surface area contributed by atoms with Crippen molar-refractivity contribution in [3.63, 3.8) is 0 Å². The van der Waals surface area contributed by atoms with Crippen LogP contribution in [0.15, 0.2) is 49.1 Å². The van der Waals surface area contributed by atoms with Crippen LogP contribution in [0.1, 0.15) is 46.9 Å². The number of aryl methyl sites for hydroxylation is 1. The van der Waals surface area contributed by atoms with Gasteiger partial charge in [0.05, 0.1) is 6.04 Å². The molecule has 3 aromatic heterocycles. The zero-order valence-electron chi connectivity index (χ0n) is 15.6. The second kappa shape index (κ2) is 7.88. The van der Waals surface area contributed by atoms with Crippen molar-refractivity contribution in [3.05, 3.63) is 65.9 Å². The van der Waals surface area contributed by atoms with E-state index in [1.54, 1.807) is 12.4 Å². The van der Waals surface area contributed by atoms with Gasteiger partial charge in [0, 0.05) is 31.3 Å². The lowest BCUT2D eigenvalue weighted by molar-refractivity contribution is 0.0920. The summed E-state index contributed by atoms with van der Waals surface area (Å²) in [6, 6.07) is 8.11. The molecule has 0 saturated carbocycles. The predicted molar refractivity (Wildman–Crippen MR) is 105 cm³/mol. The van der Waals surface area contributed by atoms with E-state index in [9.17, 15) is 4.79 Å². The maximum atomic E-state index is 12.7. The van der Waals surface area contributed by atoms with Crippen LogP contribution < -0.4 is 5.32 Å². The van der Waals surface area contributed by atoms with Crippen molar-refractivity contribution in [2.45, 2.75) is 32.2 Å². The molecule has 4 heterocycles. The third-order valence-electron chi connectivity index (χ3n) is 5.19. The quantitative estimate of drug-likeness (QED) is 0.757. The van der Waals surface area contributed by atoms with Crippen LogP contribution in [0.5, 0.6) is 0 Å². The first kappa shape index (κ1) is 17.7. The second-order valence-electron chi connectivity index (χ2n) is 7.21. The van der Waals surface area contributed by atoms with Crippen LogP contribution in [0.4, 0.5) is 0 Å². The Hall–Kier alpha value is -2.73. The molecule has 27 heavy (non-hydrogen) atoms. The van der Waals surface area contributed by atoms with Gasteiger partial charge in [0.2, 0.25) is 0 Å². The fraction of sp³-hybridized carbons (Fsp3) is 0.381. The Morgan fingerprint density at radius 3 is 2.81 bits per heavy atom. The molecule has 0 spiro atoms. The van der Waals surface area contributed by atoms with Gasteiger partial charge in [-0.3, -0.25) is 14.7 Å². The summed E-state index contributed by atoms with van der Waals surface area (Å²) in [6.07, 6.45) is 11.1.